The molecule has 0 bridgehead atoms. The van der Waals surface area contributed by atoms with Crippen LogP contribution in [0.25, 0.3) is 11.0 Å². The van der Waals surface area contributed by atoms with E-state index >= 15 is 0 Å². The molecule has 0 fully saturated rings. The van der Waals surface area contributed by atoms with Crippen LogP contribution in [-0.2, 0) is 25.9 Å². The Kier molecular flexibility index (Phi) is 6.84. The number of H-pyrrole nitrogens is 1. The van der Waals surface area contributed by atoms with Crippen LogP contribution in [0.4, 0.5) is 0 Å². The normalized spacial score (nSPS) is 11.3. The van der Waals surface area contributed by atoms with Crippen LogP contribution in [0.2, 0.25) is 0 Å². The van der Waals surface area contributed by atoms with E-state index in [1.807, 2.05) is 18.2 Å². The highest BCUT2D eigenvalue weighted by molar-refractivity contribution is 5.91. The second-order valence-electron chi connectivity index (χ2n) is 8.36. The van der Waals surface area contributed by atoms with E-state index in [0.29, 0.717) is 24.7 Å². The Hall–Kier alpha value is -3.62. The lowest BCUT2D eigenvalue weighted by Gasteiger charge is -2.02. The summed E-state index contributed by atoms with van der Waals surface area (Å²) in [5.41, 5.74) is 4.14. The summed E-state index contributed by atoms with van der Waals surface area (Å²) in [5, 5.41) is 20.6. The van der Waals surface area contributed by atoms with Gasteiger partial charge in [0.25, 0.3) is 5.91 Å². The standard InChI is InChI=1S/C23H28N8O/c1-16(2)11-20-13-17-12-18(27-29-22(17)26-20)7-4-6-10-31-15-21(28-30-31)23(32)25-14-19-8-3-5-9-24-19/h3,5,8-9,12-13,15-16H,4,6-7,10-11,14H2,1-2H3,(H,25,32)(H,26,29). The van der Waals surface area contributed by atoms with E-state index in [1.54, 1.807) is 17.1 Å². The first kappa shape index (κ1) is 21.6. The Labute approximate surface area is 186 Å². The number of nitrogens with zero attached hydrogens (tertiary/aromatic N) is 6. The monoisotopic (exact) mass is 432 g/mol. The third-order valence-electron chi connectivity index (χ3n) is 5.11. The van der Waals surface area contributed by atoms with Crippen molar-refractivity contribution in [2.45, 2.75) is 52.6 Å². The number of hydrogen-bond donors (Lipinski definition) is 2. The Morgan fingerprint density at radius 3 is 2.84 bits per heavy atom. The van der Waals surface area contributed by atoms with Crippen molar-refractivity contribution in [2.75, 3.05) is 0 Å². The highest BCUT2D eigenvalue weighted by Crippen LogP contribution is 2.17. The van der Waals surface area contributed by atoms with Crippen molar-refractivity contribution >= 4 is 16.9 Å². The Balaban J connectivity index is 1.23. The number of aromatic nitrogens is 7. The molecule has 9 heteroatoms. The summed E-state index contributed by atoms with van der Waals surface area (Å²) in [6.07, 6.45) is 7.08. The molecular weight excluding hydrogens is 404 g/mol. The quantitative estimate of drug-likeness (QED) is 0.372. The molecule has 0 saturated heterocycles. The van der Waals surface area contributed by atoms with Crippen LogP contribution in [0.1, 0.15) is 54.3 Å². The van der Waals surface area contributed by atoms with Crippen LogP contribution in [0.3, 0.4) is 0 Å². The minimum absolute atomic E-state index is 0.256. The van der Waals surface area contributed by atoms with Crippen LogP contribution in [0, 0.1) is 5.92 Å². The zero-order valence-corrected chi connectivity index (χ0v) is 18.5. The van der Waals surface area contributed by atoms with E-state index in [-0.39, 0.29) is 5.91 Å². The second-order valence-corrected chi connectivity index (χ2v) is 8.36. The molecule has 32 heavy (non-hydrogen) atoms. The lowest BCUT2D eigenvalue weighted by atomic mass is 10.1. The van der Waals surface area contributed by atoms with E-state index < -0.39 is 0 Å². The number of amides is 1. The van der Waals surface area contributed by atoms with Gasteiger partial charge in [-0.15, -0.1) is 10.2 Å². The summed E-state index contributed by atoms with van der Waals surface area (Å²) in [7, 11) is 0. The largest absolute Gasteiger partial charge is 0.345 e. The number of aromatic amines is 1. The first-order valence-electron chi connectivity index (χ1n) is 11.0. The maximum Gasteiger partial charge on any atom is 0.273 e. The Morgan fingerprint density at radius 1 is 1.12 bits per heavy atom. The van der Waals surface area contributed by atoms with E-state index in [1.165, 1.54) is 5.69 Å². The number of aryl methyl sites for hydroxylation is 2. The molecule has 0 saturated carbocycles. The van der Waals surface area contributed by atoms with E-state index in [2.05, 4.69) is 61.8 Å². The number of fused-ring (bicyclic) bond motifs is 1. The number of carbonyl (C=O) groups is 1. The fourth-order valence-corrected chi connectivity index (χ4v) is 3.56. The summed E-state index contributed by atoms with van der Waals surface area (Å²) < 4.78 is 1.70. The number of nitrogens with one attached hydrogen (secondary N) is 2. The van der Waals surface area contributed by atoms with Gasteiger partial charge in [-0.2, -0.15) is 5.10 Å². The maximum absolute atomic E-state index is 12.2. The van der Waals surface area contributed by atoms with Gasteiger partial charge in [0.2, 0.25) is 0 Å². The van der Waals surface area contributed by atoms with Crippen LogP contribution in [0.15, 0.2) is 42.7 Å². The number of rotatable bonds is 10. The topological polar surface area (TPSA) is 114 Å². The molecule has 4 aromatic rings. The highest BCUT2D eigenvalue weighted by Gasteiger charge is 2.11. The van der Waals surface area contributed by atoms with Crippen molar-refractivity contribution < 1.29 is 4.79 Å². The summed E-state index contributed by atoms with van der Waals surface area (Å²) >= 11 is 0. The molecule has 4 heterocycles. The molecule has 0 unspecified atom stereocenters. The Bertz CT molecular complexity index is 1170. The van der Waals surface area contributed by atoms with E-state index in [9.17, 15) is 4.79 Å². The molecule has 4 rings (SSSR count). The third-order valence-corrected chi connectivity index (χ3v) is 5.11. The predicted octanol–water partition coefficient (Wildman–Crippen LogP) is 3.10. The fraction of sp³-hybridized carbons (Fsp3) is 0.391. The number of unbranched alkanes of at least 4 members (excludes halogenated alkanes) is 1. The van der Waals surface area contributed by atoms with Crippen molar-refractivity contribution in [2.24, 2.45) is 5.92 Å². The van der Waals surface area contributed by atoms with Crippen LogP contribution < -0.4 is 5.32 Å². The van der Waals surface area contributed by atoms with Gasteiger partial charge in [-0.3, -0.25) is 14.5 Å². The van der Waals surface area contributed by atoms with Gasteiger partial charge >= 0.3 is 0 Å². The fourth-order valence-electron chi connectivity index (χ4n) is 3.56. The molecule has 166 valence electrons. The predicted molar refractivity (Wildman–Crippen MR) is 121 cm³/mol. The van der Waals surface area contributed by atoms with Crippen molar-refractivity contribution in [3.63, 3.8) is 0 Å². The first-order chi connectivity index (χ1) is 15.6. The smallest absolute Gasteiger partial charge is 0.273 e. The van der Waals surface area contributed by atoms with Gasteiger partial charge in [0.15, 0.2) is 11.3 Å². The van der Waals surface area contributed by atoms with E-state index in [0.717, 1.165) is 48.1 Å². The number of carbonyl (C=O) groups excluding carboxylic acids is 1. The molecule has 0 aliphatic carbocycles. The summed E-state index contributed by atoms with van der Waals surface area (Å²) in [4.78, 5) is 19.8. The van der Waals surface area contributed by atoms with Crippen molar-refractivity contribution in [1.82, 2.24) is 40.5 Å². The molecule has 0 spiro atoms. The molecule has 0 aliphatic rings. The average Bonchev–Trinajstić information content (AvgIpc) is 3.41. The van der Waals surface area contributed by atoms with Crippen molar-refractivity contribution in [3.05, 3.63) is 65.5 Å². The zero-order chi connectivity index (χ0) is 22.3. The minimum Gasteiger partial charge on any atom is -0.345 e. The minimum atomic E-state index is -0.256. The lowest BCUT2D eigenvalue weighted by Crippen LogP contribution is -2.23. The van der Waals surface area contributed by atoms with Crippen LogP contribution >= 0.6 is 0 Å². The molecule has 2 N–H and O–H groups in total. The molecule has 9 nitrogen and oxygen atoms in total. The van der Waals surface area contributed by atoms with Gasteiger partial charge < -0.3 is 10.3 Å². The van der Waals surface area contributed by atoms with Gasteiger partial charge in [-0.05, 0) is 55.9 Å². The van der Waals surface area contributed by atoms with Gasteiger partial charge in [0, 0.05) is 23.8 Å². The molecule has 0 aromatic carbocycles. The number of hydrogen-bond acceptors (Lipinski definition) is 6. The molecular formula is C23H28N8O. The SMILES string of the molecule is CC(C)Cc1cc2cc(CCCCn3cc(C(=O)NCc4ccccn4)nn3)nnc2[nH]1. The highest BCUT2D eigenvalue weighted by atomic mass is 16.2. The molecule has 0 atom stereocenters. The summed E-state index contributed by atoms with van der Waals surface area (Å²) in [5.74, 6) is 0.341. The molecule has 1 amide bonds. The zero-order valence-electron chi connectivity index (χ0n) is 18.5. The lowest BCUT2D eigenvalue weighted by molar-refractivity contribution is 0.0945. The molecule has 0 aliphatic heterocycles. The van der Waals surface area contributed by atoms with Gasteiger partial charge in [0.1, 0.15) is 0 Å². The van der Waals surface area contributed by atoms with Gasteiger partial charge in [0.05, 0.1) is 24.1 Å². The molecule has 0 radical (unpaired) electrons. The maximum atomic E-state index is 12.2. The first-order valence-corrected chi connectivity index (χ1v) is 11.0. The average molecular weight is 433 g/mol. The van der Waals surface area contributed by atoms with Crippen molar-refractivity contribution in [3.8, 4) is 0 Å². The van der Waals surface area contributed by atoms with E-state index in [4.69, 9.17) is 0 Å². The second kappa shape index (κ2) is 10.1. The number of pyridine rings is 1. The summed E-state index contributed by atoms with van der Waals surface area (Å²) in [6.45, 7) is 5.46. The van der Waals surface area contributed by atoms with Gasteiger partial charge in [-0.25, -0.2) is 0 Å². The Morgan fingerprint density at radius 2 is 2.03 bits per heavy atom. The molecule has 4 aromatic heterocycles. The van der Waals surface area contributed by atoms with Crippen molar-refractivity contribution in [1.29, 1.82) is 0 Å². The van der Waals surface area contributed by atoms with Crippen LogP contribution in [-0.4, -0.2) is 41.1 Å². The summed E-state index contributed by atoms with van der Waals surface area (Å²) in [6, 6.07) is 9.87. The van der Waals surface area contributed by atoms with Gasteiger partial charge in [-0.1, -0.05) is 25.1 Å². The third kappa shape index (κ3) is 5.75. The van der Waals surface area contributed by atoms with Crippen LogP contribution in [0.5, 0.6) is 0 Å².